The second-order valence-corrected chi connectivity index (χ2v) is 9.02. The molecule has 0 radical (unpaired) electrons. The van der Waals surface area contributed by atoms with Crippen LogP contribution >= 0.6 is 0 Å². The molecule has 0 saturated carbocycles. The Bertz CT molecular complexity index is 1880. The Morgan fingerprint density at radius 2 is 1.18 bits per heavy atom. The number of hydrogen-bond donors (Lipinski definition) is 0. The van der Waals surface area contributed by atoms with E-state index in [0.29, 0.717) is 38.4 Å². The Kier molecular flexibility index (Phi) is 5.50. The van der Waals surface area contributed by atoms with Gasteiger partial charge in [0, 0.05) is 21.9 Å². The number of aromatic nitrogens is 2. The van der Waals surface area contributed by atoms with Gasteiger partial charge in [-0.1, -0.05) is 60.7 Å². The van der Waals surface area contributed by atoms with E-state index in [-0.39, 0.29) is 11.1 Å². The number of alkyl halides is 6. The smallest absolute Gasteiger partial charge is 0.289 e. The summed E-state index contributed by atoms with van der Waals surface area (Å²) in [5.41, 5.74) is 0.907. The third-order valence-electron chi connectivity index (χ3n) is 6.67. The van der Waals surface area contributed by atoms with E-state index in [9.17, 15) is 31.1 Å². The zero-order valence-corrected chi connectivity index (χ0v) is 19.8. The lowest BCUT2D eigenvalue weighted by Crippen LogP contribution is -2.07. The van der Waals surface area contributed by atoms with Crippen molar-refractivity contribution in [3.05, 3.63) is 119 Å². The van der Waals surface area contributed by atoms with Crippen molar-refractivity contribution in [1.82, 2.24) is 9.61 Å². The minimum Gasteiger partial charge on any atom is -0.289 e. The number of carbonyl (C=O) groups is 1. The molecule has 2 heterocycles. The molecular formula is C30H16F6N2O. The molecule has 0 fully saturated rings. The van der Waals surface area contributed by atoms with Crippen LogP contribution in [-0.2, 0) is 12.4 Å². The molecule has 9 heteroatoms. The summed E-state index contributed by atoms with van der Waals surface area (Å²) in [5.74, 6) is -0.535. The van der Waals surface area contributed by atoms with Crippen molar-refractivity contribution in [2.45, 2.75) is 12.4 Å². The topological polar surface area (TPSA) is 34.4 Å². The molecule has 0 bridgehead atoms. The molecule has 0 spiro atoms. The van der Waals surface area contributed by atoms with Gasteiger partial charge in [0.05, 0.1) is 33.2 Å². The quantitative estimate of drug-likeness (QED) is 0.168. The Labute approximate surface area is 216 Å². The molecule has 0 saturated heterocycles. The van der Waals surface area contributed by atoms with Crippen LogP contribution in [-0.4, -0.2) is 15.4 Å². The highest BCUT2D eigenvalue weighted by Crippen LogP contribution is 2.40. The highest BCUT2D eigenvalue weighted by atomic mass is 19.4. The molecule has 0 unspecified atom stereocenters. The Hall–Kier alpha value is -4.66. The molecule has 0 N–H and O–H groups in total. The van der Waals surface area contributed by atoms with Crippen molar-refractivity contribution < 1.29 is 31.1 Å². The van der Waals surface area contributed by atoms with Gasteiger partial charge >= 0.3 is 12.4 Å². The van der Waals surface area contributed by atoms with Crippen LogP contribution in [0.2, 0.25) is 0 Å². The lowest BCUT2D eigenvalue weighted by Gasteiger charge is -2.13. The number of nitrogens with zero attached hydrogens (tertiary/aromatic N) is 2. The minimum atomic E-state index is -4.56. The zero-order valence-electron chi connectivity index (χ0n) is 19.8. The van der Waals surface area contributed by atoms with Crippen molar-refractivity contribution >= 4 is 33.1 Å². The maximum atomic E-state index is 13.9. The van der Waals surface area contributed by atoms with Crippen molar-refractivity contribution in [2.75, 3.05) is 0 Å². The third-order valence-corrected chi connectivity index (χ3v) is 6.67. The molecular weight excluding hydrogens is 518 g/mol. The fourth-order valence-electron chi connectivity index (χ4n) is 4.87. The first kappa shape index (κ1) is 24.7. The van der Waals surface area contributed by atoms with Crippen molar-refractivity contribution in [1.29, 1.82) is 0 Å². The van der Waals surface area contributed by atoms with E-state index in [4.69, 9.17) is 5.10 Å². The second-order valence-electron chi connectivity index (χ2n) is 9.02. The van der Waals surface area contributed by atoms with Gasteiger partial charge in [0.15, 0.2) is 5.78 Å². The van der Waals surface area contributed by atoms with Gasteiger partial charge in [-0.2, -0.15) is 31.4 Å². The number of benzene rings is 4. The Morgan fingerprint density at radius 3 is 1.79 bits per heavy atom. The molecule has 2 aromatic heterocycles. The fourth-order valence-corrected chi connectivity index (χ4v) is 4.87. The van der Waals surface area contributed by atoms with Crippen LogP contribution in [0.15, 0.2) is 97.1 Å². The molecule has 3 nitrogen and oxygen atoms in total. The molecule has 0 aliphatic carbocycles. The van der Waals surface area contributed by atoms with E-state index in [1.807, 2.05) is 0 Å². The summed E-state index contributed by atoms with van der Waals surface area (Å²) < 4.78 is 80.9. The van der Waals surface area contributed by atoms with Crippen LogP contribution in [0.25, 0.3) is 38.4 Å². The fraction of sp³-hybridized carbons (Fsp3) is 0.0667. The number of para-hydroxylation sites is 1. The second kappa shape index (κ2) is 8.69. The zero-order chi connectivity index (χ0) is 27.5. The van der Waals surface area contributed by atoms with Gasteiger partial charge in [-0.15, -0.1) is 0 Å². The molecule has 0 aliphatic rings. The standard InChI is InChI=1S/C30H16F6N2O/c31-29(32,33)19-13-9-17(10-14-19)25-21-5-1-3-7-23(21)37-38-24-8-4-2-6-22(24)26(27(25)38)28(39)18-11-15-20(16-12-18)30(34,35)36/h1-16H. The molecule has 6 rings (SSSR count). The predicted molar refractivity (Wildman–Crippen MR) is 136 cm³/mol. The van der Waals surface area contributed by atoms with Gasteiger partial charge < -0.3 is 0 Å². The summed E-state index contributed by atoms with van der Waals surface area (Å²) in [5, 5.41) is 5.85. The number of carbonyl (C=O) groups excluding carboxylic acids is 1. The summed E-state index contributed by atoms with van der Waals surface area (Å²) in [6, 6.07) is 22.6. The summed E-state index contributed by atoms with van der Waals surface area (Å²) in [6.07, 6.45) is -9.09. The molecule has 6 aromatic rings. The summed E-state index contributed by atoms with van der Waals surface area (Å²) >= 11 is 0. The van der Waals surface area contributed by atoms with Crippen LogP contribution < -0.4 is 0 Å². The van der Waals surface area contributed by atoms with Gasteiger partial charge in [-0.25, -0.2) is 4.52 Å². The number of rotatable bonds is 3. The highest BCUT2D eigenvalue weighted by Gasteiger charge is 2.32. The third kappa shape index (κ3) is 4.10. The SMILES string of the molecule is O=C(c1ccc(C(F)(F)F)cc1)c1c2ccccc2n2nc3ccccc3c(-c3ccc(C(F)(F)F)cc3)c12. The summed E-state index contributed by atoms with van der Waals surface area (Å²) in [7, 11) is 0. The molecule has 39 heavy (non-hydrogen) atoms. The van der Waals surface area contributed by atoms with Crippen molar-refractivity contribution in [3.8, 4) is 11.1 Å². The maximum Gasteiger partial charge on any atom is 0.416 e. The average molecular weight is 534 g/mol. The van der Waals surface area contributed by atoms with Crippen LogP contribution in [0, 0.1) is 0 Å². The summed E-state index contributed by atoms with van der Waals surface area (Å²) in [6.45, 7) is 0. The predicted octanol–water partition coefficient (Wildman–Crippen LogP) is 8.58. The van der Waals surface area contributed by atoms with E-state index >= 15 is 0 Å². The van der Waals surface area contributed by atoms with Gasteiger partial charge in [0.25, 0.3) is 0 Å². The Balaban J connectivity index is 1.69. The van der Waals surface area contributed by atoms with Gasteiger partial charge in [0.2, 0.25) is 0 Å². The number of halogens is 6. The van der Waals surface area contributed by atoms with E-state index < -0.39 is 29.3 Å². The van der Waals surface area contributed by atoms with Crippen LogP contribution in [0.1, 0.15) is 27.0 Å². The largest absolute Gasteiger partial charge is 0.416 e. The molecule has 4 aromatic carbocycles. The van der Waals surface area contributed by atoms with E-state index in [2.05, 4.69) is 0 Å². The first-order chi connectivity index (χ1) is 18.5. The van der Waals surface area contributed by atoms with E-state index in [1.165, 1.54) is 12.1 Å². The van der Waals surface area contributed by atoms with E-state index in [0.717, 1.165) is 36.4 Å². The lowest BCUT2D eigenvalue weighted by molar-refractivity contribution is -0.138. The maximum absolute atomic E-state index is 13.9. The molecule has 0 amide bonds. The Morgan fingerprint density at radius 1 is 0.641 bits per heavy atom. The molecule has 0 aliphatic heterocycles. The lowest BCUT2D eigenvalue weighted by atomic mass is 9.94. The van der Waals surface area contributed by atoms with Crippen LogP contribution in [0.5, 0.6) is 0 Å². The van der Waals surface area contributed by atoms with Crippen molar-refractivity contribution in [2.24, 2.45) is 0 Å². The summed E-state index contributed by atoms with van der Waals surface area (Å²) in [4.78, 5) is 13.9. The van der Waals surface area contributed by atoms with Gasteiger partial charge in [-0.3, -0.25) is 4.79 Å². The van der Waals surface area contributed by atoms with Crippen LogP contribution in [0.3, 0.4) is 0 Å². The normalized spacial score (nSPS) is 12.5. The number of ketones is 1. The minimum absolute atomic E-state index is 0.0350. The van der Waals surface area contributed by atoms with Gasteiger partial charge in [-0.05, 0) is 42.0 Å². The van der Waals surface area contributed by atoms with Gasteiger partial charge in [0.1, 0.15) is 0 Å². The van der Waals surface area contributed by atoms with E-state index in [1.54, 1.807) is 53.0 Å². The van der Waals surface area contributed by atoms with Crippen molar-refractivity contribution in [3.63, 3.8) is 0 Å². The average Bonchev–Trinajstić information content (AvgIpc) is 3.24. The molecule has 194 valence electrons. The highest BCUT2D eigenvalue weighted by molar-refractivity contribution is 6.24. The first-order valence-electron chi connectivity index (χ1n) is 11.8. The van der Waals surface area contributed by atoms with Crippen LogP contribution in [0.4, 0.5) is 26.3 Å². The molecule has 0 atom stereocenters. The first-order valence-corrected chi connectivity index (χ1v) is 11.8. The number of fused-ring (bicyclic) bond motifs is 4. The number of hydrogen-bond acceptors (Lipinski definition) is 2. The monoisotopic (exact) mass is 534 g/mol.